The molecule has 0 saturated heterocycles. The number of primary amides is 1. The van der Waals surface area contributed by atoms with Gasteiger partial charge in [0.25, 0.3) is 10.0 Å². The second kappa shape index (κ2) is 6.99. The summed E-state index contributed by atoms with van der Waals surface area (Å²) in [5.74, 6) is 0.261. The number of nitrogens with one attached hydrogen (secondary N) is 2. The lowest BCUT2D eigenvalue weighted by atomic mass is 10.0. The van der Waals surface area contributed by atoms with Gasteiger partial charge in [0.15, 0.2) is 0 Å². The highest BCUT2D eigenvalue weighted by molar-refractivity contribution is 7.90. The van der Waals surface area contributed by atoms with Crippen LogP contribution in [0, 0.1) is 11.8 Å². The van der Waals surface area contributed by atoms with Crippen LogP contribution < -0.4 is 15.8 Å². The first-order valence-electron chi connectivity index (χ1n) is 7.46. The average molecular weight is 339 g/mol. The maximum absolute atomic E-state index is 12.2. The molecule has 0 heterocycles. The van der Waals surface area contributed by atoms with E-state index in [4.69, 9.17) is 5.73 Å². The first-order valence-corrected chi connectivity index (χ1v) is 8.94. The molecule has 7 nitrogen and oxygen atoms in total. The van der Waals surface area contributed by atoms with E-state index >= 15 is 0 Å². The van der Waals surface area contributed by atoms with Crippen LogP contribution >= 0.6 is 0 Å². The Morgan fingerprint density at radius 3 is 2.39 bits per heavy atom. The number of carbonyl (C=O) groups excluding carboxylic acids is 2. The Bertz CT molecular complexity index is 681. The smallest absolute Gasteiger partial charge is 0.312 e. The Morgan fingerprint density at radius 2 is 1.87 bits per heavy atom. The van der Waals surface area contributed by atoms with Crippen LogP contribution in [0.1, 0.15) is 31.7 Å². The van der Waals surface area contributed by atoms with Gasteiger partial charge in [-0.15, -0.1) is 0 Å². The minimum atomic E-state index is -3.87. The lowest BCUT2D eigenvalue weighted by Crippen LogP contribution is -2.32. The molecule has 126 valence electrons. The summed E-state index contributed by atoms with van der Waals surface area (Å²) in [6, 6.07) is 5.23. The van der Waals surface area contributed by atoms with Crippen molar-refractivity contribution in [3.8, 4) is 0 Å². The van der Waals surface area contributed by atoms with Crippen LogP contribution in [0.4, 0.5) is 4.79 Å². The largest absolute Gasteiger partial charge is 0.352 e. The number of urea groups is 1. The molecular formula is C15H21N3O4S. The van der Waals surface area contributed by atoms with Crippen molar-refractivity contribution in [2.75, 3.05) is 0 Å². The Labute approximate surface area is 135 Å². The summed E-state index contributed by atoms with van der Waals surface area (Å²) in [5.41, 5.74) is 5.67. The zero-order chi connectivity index (χ0) is 17.0. The van der Waals surface area contributed by atoms with Crippen molar-refractivity contribution >= 4 is 22.0 Å². The number of carbonyl (C=O) groups is 2. The standard InChI is InChI=1S/C15H21N3O4S/c1-10(12-4-5-12)8-14(19)18-23(21,22)13-6-2-11(3-7-13)9-17-15(16)20/h2-3,6-7,10,12H,4-5,8-9H2,1H3,(H,18,19)(H3,16,17,20)/t10-/m0/s1. The summed E-state index contributed by atoms with van der Waals surface area (Å²) < 4.78 is 26.4. The van der Waals surface area contributed by atoms with Gasteiger partial charge in [-0.1, -0.05) is 19.1 Å². The molecule has 1 atom stereocenters. The summed E-state index contributed by atoms with van der Waals surface area (Å²) in [7, 11) is -3.87. The maximum Gasteiger partial charge on any atom is 0.312 e. The van der Waals surface area contributed by atoms with Crippen LogP contribution in [0.3, 0.4) is 0 Å². The summed E-state index contributed by atoms with van der Waals surface area (Å²) in [6.07, 6.45) is 2.44. The molecule has 0 bridgehead atoms. The number of sulfonamides is 1. The third-order valence-corrected chi connectivity index (χ3v) is 5.27. The molecule has 8 heteroatoms. The zero-order valence-electron chi connectivity index (χ0n) is 12.9. The molecule has 0 radical (unpaired) electrons. The van der Waals surface area contributed by atoms with E-state index in [0.29, 0.717) is 11.5 Å². The van der Waals surface area contributed by atoms with E-state index in [0.717, 1.165) is 12.8 Å². The molecule has 1 aromatic rings. The molecule has 4 N–H and O–H groups in total. The molecule has 23 heavy (non-hydrogen) atoms. The van der Waals surface area contributed by atoms with Gasteiger partial charge < -0.3 is 11.1 Å². The Morgan fingerprint density at radius 1 is 1.26 bits per heavy atom. The summed E-state index contributed by atoms with van der Waals surface area (Å²) in [4.78, 5) is 22.5. The van der Waals surface area contributed by atoms with Gasteiger partial charge in [0, 0.05) is 13.0 Å². The third kappa shape index (κ3) is 5.24. The number of hydrogen-bond acceptors (Lipinski definition) is 4. The first-order chi connectivity index (χ1) is 10.8. The van der Waals surface area contributed by atoms with E-state index in [9.17, 15) is 18.0 Å². The normalized spacial score (nSPS) is 15.7. The summed E-state index contributed by atoms with van der Waals surface area (Å²) >= 11 is 0. The number of hydrogen-bond donors (Lipinski definition) is 3. The van der Waals surface area contributed by atoms with Crippen LogP contribution in [-0.4, -0.2) is 20.4 Å². The van der Waals surface area contributed by atoms with Gasteiger partial charge in [-0.3, -0.25) is 4.79 Å². The van der Waals surface area contributed by atoms with Crippen LogP contribution in [0.5, 0.6) is 0 Å². The third-order valence-electron chi connectivity index (χ3n) is 3.88. The molecule has 1 fully saturated rings. The molecular weight excluding hydrogens is 318 g/mol. The average Bonchev–Trinajstić information content (AvgIpc) is 3.29. The molecule has 1 aliphatic rings. The molecule has 0 unspecified atom stereocenters. The monoisotopic (exact) mass is 339 g/mol. The van der Waals surface area contributed by atoms with Crippen molar-refractivity contribution in [2.24, 2.45) is 17.6 Å². The van der Waals surface area contributed by atoms with Gasteiger partial charge in [0.05, 0.1) is 4.90 Å². The van der Waals surface area contributed by atoms with Gasteiger partial charge in [0.1, 0.15) is 0 Å². The van der Waals surface area contributed by atoms with E-state index in [1.165, 1.54) is 12.1 Å². The predicted molar refractivity (Wildman–Crippen MR) is 84.7 cm³/mol. The van der Waals surface area contributed by atoms with Crippen molar-refractivity contribution in [1.29, 1.82) is 0 Å². The van der Waals surface area contributed by atoms with Gasteiger partial charge in [0.2, 0.25) is 5.91 Å². The van der Waals surface area contributed by atoms with Crippen molar-refractivity contribution in [3.05, 3.63) is 29.8 Å². The van der Waals surface area contributed by atoms with E-state index in [-0.39, 0.29) is 23.8 Å². The SMILES string of the molecule is C[C@@H](CC(=O)NS(=O)(=O)c1ccc(CNC(N)=O)cc1)C1CC1. The molecule has 3 amide bonds. The van der Waals surface area contributed by atoms with Crippen molar-refractivity contribution < 1.29 is 18.0 Å². The highest BCUT2D eigenvalue weighted by Gasteiger charge is 2.30. The topological polar surface area (TPSA) is 118 Å². The molecule has 0 spiro atoms. The minimum Gasteiger partial charge on any atom is -0.352 e. The Balaban J connectivity index is 1.95. The molecule has 1 saturated carbocycles. The van der Waals surface area contributed by atoms with Crippen molar-refractivity contribution in [2.45, 2.75) is 37.6 Å². The van der Waals surface area contributed by atoms with Crippen molar-refractivity contribution in [1.82, 2.24) is 10.0 Å². The fourth-order valence-corrected chi connectivity index (χ4v) is 3.35. The number of nitrogens with two attached hydrogens (primary N) is 1. The summed E-state index contributed by atoms with van der Waals surface area (Å²) in [6.45, 7) is 2.17. The second-order valence-electron chi connectivity index (χ2n) is 5.91. The highest BCUT2D eigenvalue weighted by Crippen LogP contribution is 2.38. The summed E-state index contributed by atoms with van der Waals surface area (Å²) in [5, 5.41) is 2.41. The number of benzene rings is 1. The van der Waals surface area contributed by atoms with E-state index in [1.807, 2.05) is 6.92 Å². The fraction of sp³-hybridized carbons (Fsp3) is 0.467. The van der Waals surface area contributed by atoms with E-state index < -0.39 is 22.0 Å². The lowest BCUT2D eigenvalue weighted by molar-refractivity contribution is -0.120. The number of amides is 3. The van der Waals surface area contributed by atoms with Crippen LogP contribution in [0.15, 0.2) is 29.2 Å². The molecule has 1 aromatic carbocycles. The predicted octanol–water partition coefficient (Wildman–Crippen LogP) is 1.10. The highest BCUT2D eigenvalue weighted by atomic mass is 32.2. The lowest BCUT2D eigenvalue weighted by Gasteiger charge is -2.11. The van der Waals surface area contributed by atoms with Gasteiger partial charge in [-0.25, -0.2) is 17.9 Å². The Hall–Kier alpha value is -2.09. The second-order valence-corrected chi connectivity index (χ2v) is 7.59. The van der Waals surface area contributed by atoms with Crippen LogP contribution in [0.2, 0.25) is 0 Å². The van der Waals surface area contributed by atoms with Crippen LogP contribution in [0.25, 0.3) is 0 Å². The minimum absolute atomic E-state index is 0.00718. The van der Waals surface area contributed by atoms with E-state index in [2.05, 4.69) is 10.0 Å². The Kier molecular flexibility index (Phi) is 5.25. The molecule has 1 aliphatic carbocycles. The molecule has 2 rings (SSSR count). The van der Waals surface area contributed by atoms with Gasteiger partial charge >= 0.3 is 6.03 Å². The fourth-order valence-electron chi connectivity index (χ4n) is 2.35. The van der Waals surface area contributed by atoms with Gasteiger partial charge in [-0.2, -0.15) is 0 Å². The van der Waals surface area contributed by atoms with E-state index in [1.54, 1.807) is 12.1 Å². The zero-order valence-corrected chi connectivity index (χ0v) is 13.7. The molecule has 0 aliphatic heterocycles. The molecule has 0 aromatic heterocycles. The first kappa shape index (κ1) is 17.3. The quantitative estimate of drug-likeness (QED) is 0.689. The number of rotatable bonds is 7. The van der Waals surface area contributed by atoms with Gasteiger partial charge in [-0.05, 0) is 42.4 Å². The maximum atomic E-state index is 12.2. The van der Waals surface area contributed by atoms with Crippen LogP contribution in [-0.2, 0) is 21.4 Å². The van der Waals surface area contributed by atoms with Crippen molar-refractivity contribution in [3.63, 3.8) is 0 Å².